The molecule has 0 aliphatic heterocycles. The minimum Gasteiger partial charge on any atom is -0.396 e. The Hall–Kier alpha value is -0.0400. The second-order valence-corrected chi connectivity index (χ2v) is 5.83. The molecule has 0 fully saturated rings. The molecule has 98 valence electrons. The number of hydrogen-bond acceptors (Lipinski definition) is 1. The third-order valence-electron chi connectivity index (χ3n) is 3.31. The molecule has 0 spiro atoms. The quantitative estimate of drug-likeness (QED) is 0.580. The van der Waals surface area contributed by atoms with Gasteiger partial charge in [0, 0.05) is 6.56 Å². The normalized spacial score (nSPS) is 18.1. The number of rotatable bonds is 10. The Bertz CT molecular complexity index is 199. The fourth-order valence-corrected chi connectivity index (χ4v) is 2.09. The van der Waals surface area contributed by atoms with Crippen molar-refractivity contribution in [3.8, 4) is 0 Å². The van der Waals surface area contributed by atoms with Crippen molar-refractivity contribution in [2.45, 2.75) is 72.6 Å². The van der Waals surface area contributed by atoms with Crippen LogP contribution in [0.15, 0.2) is 0 Å². The molecule has 1 heteroatoms. The van der Waals surface area contributed by atoms with Crippen LogP contribution >= 0.6 is 0 Å². The predicted molar refractivity (Wildman–Crippen MR) is 72.6 cm³/mol. The smallest absolute Gasteiger partial charge is 0.0564 e. The van der Waals surface area contributed by atoms with Gasteiger partial charge < -0.3 is 5.11 Å². The van der Waals surface area contributed by atoms with E-state index in [1.807, 2.05) is 6.92 Å². The van der Waals surface area contributed by atoms with Crippen molar-refractivity contribution in [3.05, 3.63) is 0 Å². The zero-order chi connectivity index (χ0) is 14.2. The van der Waals surface area contributed by atoms with Gasteiger partial charge in [-0.3, -0.25) is 0 Å². The van der Waals surface area contributed by atoms with Gasteiger partial charge in [0.15, 0.2) is 0 Å². The van der Waals surface area contributed by atoms with Gasteiger partial charge in [-0.25, -0.2) is 0 Å². The molecular weight excluding hydrogens is 196 g/mol. The Balaban J connectivity index is 3.52. The Labute approximate surface area is 105 Å². The van der Waals surface area contributed by atoms with Crippen LogP contribution in [0, 0.1) is 17.8 Å². The number of hydrogen-bond donors (Lipinski definition) is 1. The zero-order valence-electron chi connectivity index (χ0n) is 13.6. The van der Waals surface area contributed by atoms with E-state index in [9.17, 15) is 0 Å². The van der Waals surface area contributed by atoms with E-state index in [0.29, 0.717) is 0 Å². The molecule has 0 aromatic heterocycles. The summed E-state index contributed by atoms with van der Waals surface area (Å²) in [4.78, 5) is 0. The van der Waals surface area contributed by atoms with Crippen LogP contribution in [-0.4, -0.2) is 11.7 Å². The first-order chi connectivity index (χ1) is 8.20. The summed E-state index contributed by atoms with van der Waals surface area (Å²) >= 11 is 0. The molecule has 1 N–H and O–H groups in total. The van der Waals surface area contributed by atoms with Crippen molar-refractivity contribution >= 4 is 0 Å². The molecule has 0 aliphatic rings. The van der Waals surface area contributed by atoms with Gasteiger partial charge in [-0.05, 0) is 24.2 Å². The molecular formula is C15H32O. The summed E-state index contributed by atoms with van der Waals surface area (Å²) in [5.41, 5.74) is 0. The highest BCUT2D eigenvalue weighted by Crippen LogP contribution is 2.19. The molecule has 16 heavy (non-hydrogen) atoms. The van der Waals surface area contributed by atoms with Crippen LogP contribution in [0.4, 0.5) is 0 Å². The molecule has 0 heterocycles. The van der Waals surface area contributed by atoms with Gasteiger partial charge in [0.1, 0.15) is 0 Å². The maximum atomic E-state index is 9.10. The van der Waals surface area contributed by atoms with Crippen LogP contribution < -0.4 is 0 Å². The van der Waals surface area contributed by atoms with Crippen molar-refractivity contribution in [1.29, 1.82) is 0 Å². The highest BCUT2D eigenvalue weighted by atomic mass is 16.3. The van der Waals surface area contributed by atoms with E-state index in [-0.39, 0.29) is 12.3 Å². The van der Waals surface area contributed by atoms with Crippen LogP contribution in [0.5, 0.6) is 0 Å². The minimum atomic E-state index is -2.00. The monoisotopic (exact) mass is 230 g/mol. The highest BCUT2D eigenvalue weighted by Gasteiger charge is 2.05. The van der Waals surface area contributed by atoms with E-state index in [0.717, 1.165) is 24.7 Å². The average molecular weight is 230 g/mol. The third kappa shape index (κ3) is 10.5. The highest BCUT2D eigenvalue weighted by molar-refractivity contribution is 4.58. The van der Waals surface area contributed by atoms with E-state index in [4.69, 9.17) is 7.85 Å². The van der Waals surface area contributed by atoms with Gasteiger partial charge in [-0.15, -0.1) is 0 Å². The SMILES string of the molecule is [2H]C([2H])(O)CC(C)CCCC(C)CCCC(C)C. The Morgan fingerprint density at radius 3 is 1.69 bits per heavy atom. The molecule has 0 amide bonds. The van der Waals surface area contributed by atoms with E-state index >= 15 is 0 Å². The van der Waals surface area contributed by atoms with Crippen molar-refractivity contribution in [2.75, 3.05) is 6.56 Å². The van der Waals surface area contributed by atoms with E-state index in [1.165, 1.54) is 25.7 Å². The Morgan fingerprint density at radius 2 is 1.25 bits per heavy atom. The molecule has 0 saturated heterocycles. The second-order valence-electron chi connectivity index (χ2n) is 5.83. The second kappa shape index (κ2) is 10.1. The molecule has 0 aromatic rings. The van der Waals surface area contributed by atoms with Gasteiger partial charge >= 0.3 is 0 Å². The molecule has 0 aliphatic carbocycles. The van der Waals surface area contributed by atoms with Gasteiger partial charge in [-0.1, -0.05) is 66.2 Å². The van der Waals surface area contributed by atoms with Gasteiger partial charge in [0.05, 0.1) is 2.74 Å². The van der Waals surface area contributed by atoms with Crippen LogP contribution in [-0.2, 0) is 0 Å². The first-order valence-corrected chi connectivity index (χ1v) is 6.93. The number of aliphatic hydroxyl groups is 1. The zero-order valence-corrected chi connectivity index (χ0v) is 11.6. The van der Waals surface area contributed by atoms with Crippen LogP contribution in [0.1, 0.15) is 75.4 Å². The summed E-state index contributed by atoms with van der Waals surface area (Å²) in [7, 11) is 0. The van der Waals surface area contributed by atoms with E-state index < -0.39 is 6.56 Å². The molecule has 0 aromatic carbocycles. The van der Waals surface area contributed by atoms with Gasteiger partial charge in [-0.2, -0.15) is 0 Å². The van der Waals surface area contributed by atoms with Crippen molar-refractivity contribution in [1.82, 2.24) is 0 Å². The van der Waals surface area contributed by atoms with Crippen molar-refractivity contribution in [3.63, 3.8) is 0 Å². The fourth-order valence-electron chi connectivity index (χ4n) is 2.09. The minimum absolute atomic E-state index is 0.259. The summed E-state index contributed by atoms with van der Waals surface area (Å²) in [6, 6.07) is 0. The summed E-state index contributed by atoms with van der Waals surface area (Å²) in [5, 5.41) is 9.10. The lowest BCUT2D eigenvalue weighted by atomic mass is 9.93. The average Bonchev–Trinajstić information content (AvgIpc) is 2.13. The maximum Gasteiger partial charge on any atom is 0.0564 e. The summed E-state index contributed by atoms with van der Waals surface area (Å²) in [6.07, 6.45) is 7.63. The molecule has 0 bridgehead atoms. The molecule has 2 unspecified atom stereocenters. The van der Waals surface area contributed by atoms with Crippen LogP contribution in [0.3, 0.4) is 0 Å². The lowest BCUT2D eigenvalue weighted by molar-refractivity contribution is 0.255. The standard InChI is InChI=1S/C15H32O/c1-13(2)7-5-8-14(3)9-6-10-15(4)11-12-16/h13-16H,5-12H2,1-4H3/i12D2. The lowest BCUT2D eigenvalue weighted by Crippen LogP contribution is -2.01. The molecule has 0 saturated carbocycles. The Kier molecular flexibility index (Phi) is 7.87. The predicted octanol–water partition coefficient (Wildman–Crippen LogP) is 4.64. The third-order valence-corrected chi connectivity index (χ3v) is 3.31. The fraction of sp³-hybridized carbons (Fsp3) is 1.00. The summed E-state index contributed by atoms with van der Waals surface area (Å²) in [6.45, 7) is 6.89. The first-order valence-electron chi connectivity index (χ1n) is 7.93. The first kappa shape index (κ1) is 12.4. The molecule has 2 atom stereocenters. The largest absolute Gasteiger partial charge is 0.396 e. The van der Waals surface area contributed by atoms with Crippen LogP contribution in [0.25, 0.3) is 0 Å². The van der Waals surface area contributed by atoms with Crippen LogP contribution in [0.2, 0.25) is 0 Å². The topological polar surface area (TPSA) is 20.2 Å². The summed E-state index contributed by atoms with van der Waals surface area (Å²) in [5.74, 6) is 1.86. The lowest BCUT2D eigenvalue weighted by Gasteiger charge is -2.14. The summed E-state index contributed by atoms with van der Waals surface area (Å²) < 4.78 is 14.3. The van der Waals surface area contributed by atoms with E-state index in [1.54, 1.807) is 0 Å². The molecule has 0 radical (unpaired) electrons. The van der Waals surface area contributed by atoms with Gasteiger partial charge in [0.25, 0.3) is 0 Å². The Morgan fingerprint density at radius 1 is 0.812 bits per heavy atom. The maximum absolute atomic E-state index is 9.10. The molecule has 0 rings (SSSR count). The van der Waals surface area contributed by atoms with Gasteiger partial charge in [0.2, 0.25) is 0 Å². The van der Waals surface area contributed by atoms with E-state index in [2.05, 4.69) is 20.8 Å². The van der Waals surface area contributed by atoms with Crippen molar-refractivity contribution in [2.24, 2.45) is 17.8 Å². The molecule has 1 nitrogen and oxygen atoms in total. The van der Waals surface area contributed by atoms with Crippen molar-refractivity contribution < 1.29 is 7.85 Å².